The van der Waals surface area contributed by atoms with Crippen LogP contribution in [0.2, 0.25) is 0 Å². The van der Waals surface area contributed by atoms with Gasteiger partial charge in [-0.3, -0.25) is 4.79 Å². The number of hydrogen-bond acceptors (Lipinski definition) is 1. The van der Waals surface area contributed by atoms with E-state index in [1.54, 1.807) is 5.57 Å². The first-order valence-corrected chi connectivity index (χ1v) is 9.88. The van der Waals surface area contributed by atoms with Crippen LogP contribution in [-0.2, 0) is 4.79 Å². The van der Waals surface area contributed by atoms with Crippen LogP contribution < -0.4 is 0 Å². The van der Waals surface area contributed by atoms with E-state index in [4.69, 9.17) is 0 Å². The van der Waals surface area contributed by atoms with E-state index in [1.807, 2.05) is 6.92 Å². The van der Waals surface area contributed by atoms with Gasteiger partial charge in [0, 0.05) is 5.41 Å². The normalized spacial score (nSPS) is 49.9. The molecule has 0 heterocycles. The zero-order valence-electron chi connectivity index (χ0n) is 15.5. The number of ketones is 1. The van der Waals surface area contributed by atoms with Gasteiger partial charge in [-0.2, -0.15) is 13.2 Å². The molecule has 3 fully saturated rings. The molecule has 0 bridgehead atoms. The van der Waals surface area contributed by atoms with Crippen molar-refractivity contribution in [2.24, 2.45) is 40.4 Å². The van der Waals surface area contributed by atoms with Crippen LogP contribution >= 0.6 is 0 Å². The second kappa shape index (κ2) is 5.36. The van der Waals surface area contributed by atoms with Crippen molar-refractivity contribution >= 4 is 5.78 Å². The van der Waals surface area contributed by atoms with Crippen molar-refractivity contribution in [2.45, 2.75) is 71.9 Å². The molecule has 0 aromatic carbocycles. The highest BCUT2D eigenvalue weighted by atomic mass is 19.4. The lowest BCUT2D eigenvalue weighted by Gasteiger charge is -2.57. The molecular formula is C21H29F3O. The van der Waals surface area contributed by atoms with Gasteiger partial charge in [-0.15, -0.1) is 0 Å². The van der Waals surface area contributed by atoms with Crippen molar-refractivity contribution in [3.8, 4) is 0 Å². The molecule has 1 nitrogen and oxygen atoms in total. The number of hydrogen-bond donors (Lipinski definition) is 0. The number of carbonyl (C=O) groups excluding carboxylic acids is 1. The number of fused-ring (bicyclic) bond motifs is 5. The first kappa shape index (κ1) is 17.6. The van der Waals surface area contributed by atoms with Crippen LogP contribution in [0.5, 0.6) is 0 Å². The fraction of sp³-hybridized carbons (Fsp3) is 0.857. The maximum Gasteiger partial charge on any atom is 0.398 e. The van der Waals surface area contributed by atoms with Crippen LogP contribution in [0, 0.1) is 40.4 Å². The summed E-state index contributed by atoms with van der Waals surface area (Å²) in [5.74, 6) is -0.937. The summed E-state index contributed by atoms with van der Waals surface area (Å²) in [4.78, 5) is 12.7. The summed E-state index contributed by atoms with van der Waals surface area (Å²) in [7, 11) is 0. The number of rotatable bonds is 0. The third-order valence-electron chi connectivity index (χ3n) is 8.50. The fourth-order valence-electron chi connectivity index (χ4n) is 6.95. The quantitative estimate of drug-likeness (QED) is 0.492. The predicted octanol–water partition coefficient (Wildman–Crippen LogP) is 5.94. The maximum atomic E-state index is 13.4. The van der Waals surface area contributed by atoms with Gasteiger partial charge in [-0.1, -0.05) is 32.4 Å². The molecule has 0 aliphatic heterocycles. The lowest BCUT2D eigenvalue weighted by Crippen LogP contribution is -2.50. The average Bonchev–Trinajstić information content (AvgIpc) is 2.80. The molecule has 7 atom stereocenters. The third kappa shape index (κ3) is 2.38. The van der Waals surface area contributed by atoms with Crippen molar-refractivity contribution < 1.29 is 18.0 Å². The van der Waals surface area contributed by atoms with Crippen LogP contribution in [0.15, 0.2) is 11.6 Å². The summed E-state index contributed by atoms with van der Waals surface area (Å²) < 4.78 is 40.2. The largest absolute Gasteiger partial charge is 0.398 e. The Labute approximate surface area is 148 Å². The summed E-state index contributed by atoms with van der Waals surface area (Å²) in [5, 5.41) is 0. The van der Waals surface area contributed by atoms with Gasteiger partial charge in [0.05, 0.1) is 0 Å². The van der Waals surface area contributed by atoms with E-state index in [9.17, 15) is 18.0 Å². The third-order valence-corrected chi connectivity index (χ3v) is 8.50. The van der Waals surface area contributed by atoms with E-state index in [0.29, 0.717) is 18.3 Å². The minimum atomic E-state index is -4.38. The van der Waals surface area contributed by atoms with Gasteiger partial charge < -0.3 is 0 Å². The van der Waals surface area contributed by atoms with Crippen LogP contribution in [0.1, 0.15) is 65.7 Å². The first-order valence-electron chi connectivity index (χ1n) is 9.88. The molecule has 1 unspecified atom stereocenters. The molecule has 0 amide bonds. The van der Waals surface area contributed by atoms with E-state index < -0.39 is 23.3 Å². The molecule has 3 saturated carbocycles. The molecule has 0 aromatic heterocycles. The minimum Gasteiger partial charge on any atom is -0.298 e. The summed E-state index contributed by atoms with van der Waals surface area (Å²) >= 11 is 0. The van der Waals surface area contributed by atoms with Gasteiger partial charge in [0.25, 0.3) is 0 Å². The van der Waals surface area contributed by atoms with E-state index >= 15 is 0 Å². The Morgan fingerprint density at radius 3 is 2.44 bits per heavy atom. The number of allylic oxidation sites excluding steroid dienone is 2. The number of alkyl halides is 3. The molecule has 0 N–H and O–H groups in total. The van der Waals surface area contributed by atoms with Gasteiger partial charge in [-0.25, -0.2) is 0 Å². The molecule has 4 rings (SSSR count). The molecule has 25 heavy (non-hydrogen) atoms. The molecule has 0 spiro atoms. The summed E-state index contributed by atoms with van der Waals surface area (Å²) in [6.45, 7) is 6.47. The standard InChI is InChI=1S/C21H29F3O/c1-12-6-8-19(2)13(10-12)4-5-14-15(19)7-9-20(3)16(14)11-17(18(20)25)21(22,23)24/h4,12,14-17H,5-11H2,1-3H3/t12-,14+,15-,16-,17?,19-,20-/m0/s1. The van der Waals surface area contributed by atoms with Crippen molar-refractivity contribution in [1.29, 1.82) is 0 Å². The number of carbonyl (C=O) groups is 1. The Kier molecular flexibility index (Phi) is 3.77. The Morgan fingerprint density at radius 1 is 1.08 bits per heavy atom. The minimum absolute atomic E-state index is 0.0235. The van der Waals surface area contributed by atoms with Gasteiger partial charge in [0.1, 0.15) is 5.92 Å². The van der Waals surface area contributed by atoms with Crippen LogP contribution in [0.3, 0.4) is 0 Å². The second-order valence-corrected chi connectivity index (χ2v) is 9.76. The van der Waals surface area contributed by atoms with Gasteiger partial charge in [0.2, 0.25) is 0 Å². The molecule has 0 saturated heterocycles. The molecule has 4 heteroatoms. The van der Waals surface area contributed by atoms with E-state index in [0.717, 1.165) is 25.7 Å². The van der Waals surface area contributed by atoms with E-state index in [-0.39, 0.29) is 23.7 Å². The average molecular weight is 354 g/mol. The van der Waals surface area contributed by atoms with Gasteiger partial charge in [0.15, 0.2) is 5.78 Å². The number of Topliss-reactive ketones (excluding diaryl/α,β-unsaturated/α-hetero) is 1. The Bertz CT molecular complexity index is 621. The lowest BCUT2D eigenvalue weighted by molar-refractivity contribution is -0.180. The predicted molar refractivity (Wildman–Crippen MR) is 90.8 cm³/mol. The fourth-order valence-corrected chi connectivity index (χ4v) is 6.95. The second-order valence-electron chi connectivity index (χ2n) is 9.76. The van der Waals surface area contributed by atoms with Crippen LogP contribution in [0.4, 0.5) is 13.2 Å². The van der Waals surface area contributed by atoms with E-state index in [1.165, 1.54) is 6.42 Å². The SMILES string of the molecule is C[C@H]1CC[C@@]2(C)C(=CC[C@@H]3[C@@H]2CC[C@]2(C)C(=O)C(C(F)(F)F)C[C@@H]32)C1. The van der Waals surface area contributed by atoms with Crippen molar-refractivity contribution in [2.75, 3.05) is 0 Å². The maximum absolute atomic E-state index is 13.4. The van der Waals surface area contributed by atoms with E-state index in [2.05, 4.69) is 19.9 Å². The zero-order valence-corrected chi connectivity index (χ0v) is 15.5. The summed E-state index contributed by atoms with van der Waals surface area (Å²) in [5.41, 5.74) is 0.939. The molecule has 0 aromatic rings. The van der Waals surface area contributed by atoms with Crippen LogP contribution in [-0.4, -0.2) is 12.0 Å². The monoisotopic (exact) mass is 354 g/mol. The molecule has 4 aliphatic carbocycles. The van der Waals surface area contributed by atoms with Crippen molar-refractivity contribution in [3.63, 3.8) is 0 Å². The highest BCUT2D eigenvalue weighted by Crippen LogP contribution is 2.66. The van der Waals surface area contributed by atoms with Crippen molar-refractivity contribution in [3.05, 3.63) is 11.6 Å². The molecular weight excluding hydrogens is 325 g/mol. The molecule has 0 radical (unpaired) electrons. The summed E-state index contributed by atoms with van der Waals surface area (Å²) in [6, 6.07) is 0. The summed E-state index contributed by atoms with van der Waals surface area (Å²) in [6.07, 6.45) is 3.92. The first-order chi connectivity index (χ1) is 11.6. The molecule has 4 aliphatic rings. The highest BCUT2D eigenvalue weighted by Gasteiger charge is 2.65. The lowest BCUT2D eigenvalue weighted by atomic mass is 9.47. The smallest absolute Gasteiger partial charge is 0.298 e. The molecule has 140 valence electrons. The van der Waals surface area contributed by atoms with Crippen molar-refractivity contribution in [1.82, 2.24) is 0 Å². The zero-order chi connectivity index (χ0) is 18.2. The Balaban J connectivity index is 1.68. The van der Waals surface area contributed by atoms with Gasteiger partial charge >= 0.3 is 6.18 Å². The Hall–Kier alpha value is -0.800. The van der Waals surface area contributed by atoms with Gasteiger partial charge in [-0.05, 0) is 74.0 Å². The van der Waals surface area contributed by atoms with Crippen LogP contribution in [0.25, 0.3) is 0 Å². The number of halogens is 3. The topological polar surface area (TPSA) is 17.1 Å². The highest BCUT2D eigenvalue weighted by molar-refractivity contribution is 5.90. The Morgan fingerprint density at radius 2 is 1.76 bits per heavy atom.